The Kier molecular flexibility index (Phi) is 4.02. The highest BCUT2D eigenvalue weighted by molar-refractivity contribution is 6.31. The summed E-state index contributed by atoms with van der Waals surface area (Å²) >= 11 is 12.5. The molecular formula is C23H20Cl2N2. The first-order chi connectivity index (χ1) is 13.0. The molecule has 2 atom stereocenters. The van der Waals surface area contributed by atoms with Gasteiger partial charge in [-0.1, -0.05) is 23.2 Å². The van der Waals surface area contributed by atoms with Crippen molar-refractivity contribution in [3.63, 3.8) is 0 Å². The van der Waals surface area contributed by atoms with Gasteiger partial charge >= 0.3 is 0 Å². The molecule has 5 rings (SSSR count). The van der Waals surface area contributed by atoms with Crippen LogP contribution in [0.25, 0.3) is 10.9 Å². The van der Waals surface area contributed by atoms with Crippen molar-refractivity contribution in [3.05, 3.63) is 68.8 Å². The summed E-state index contributed by atoms with van der Waals surface area (Å²) < 4.78 is 2.20. The second kappa shape index (κ2) is 6.31. The SMILES string of the molecule is Cc1cc(C#Cn2c3c(c4cc(Cl)ccc42)C2CCC(C3)N2C)ccc1Cl. The van der Waals surface area contributed by atoms with E-state index in [0.717, 1.165) is 33.1 Å². The largest absolute Gasteiger partial charge is 0.296 e. The average Bonchev–Trinajstić information content (AvgIpc) is 3.06. The first-order valence-electron chi connectivity index (χ1n) is 9.36. The molecule has 0 amide bonds. The van der Waals surface area contributed by atoms with Gasteiger partial charge in [-0.05, 0) is 80.3 Å². The highest BCUT2D eigenvalue weighted by Crippen LogP contribution is 2.46. The van der Waals surface area contributed by atoms with Gasteiger partial charge < -0.3 is 0 Å². The Morgan fingerprint density at radius 1 is 1.07 bits per heavy atom. The van der Waals surface area contributed by atoms with E-state index in [-0.39, 0.29) is 0 Å². The number of nitrogens with zero attached hydrogens (tertiary/aromatic N) is 2. The van der Waals surface area contributed by atoms with Gasteiger partial charge in [-0.2, -0.15) is 0 Å². The molecule has 2 nitrogen and oxygen atoms in total. The van der Waals surface area contributed by atoms with Crippen LogP contribution in [0.1, 0.15) is 41.3 Å². The van der Waals surface area contributed by atoms with Gasteiger partial charge in [-0.15, -0.1) is 0 Å². The van der Waals surface area contributed by atoms with E-state index in [4.69, 9.17) is 23.2 Å². The van der Waals surface area contributed by atoms with E-state index in [1.54, 1.807) is 0 Å². The minimum Gasteiger partial charge on any atom is -0.296 e. The highest BCUT2D eigenvalue weighted by Gasteiger charge is 2.40. The fraction of sp³-hybridized carbons (Fsp3) is 0.304. The molecule has 0 N–H and O–H groups in total. The van der Waals surface area contributed by atoms with E-state index >= 15 is 0 Å². The Morgan fingerprint density at radius 2 is 1.93 bits per heavy atom. The standard InChI is InChI=1S/C23H20Cl2N2/c1-14-11-15(3-6-19(14)25)9-10-27-20-7-4-16(24)12-18(20)23-21-8-5-17(26(21)2)13-22(23)27/h3-4,6-7,11-12,17,21H,5,8,13H2,1-2H3. The molecule has 1 aromatic heterocycles. The molecule has 136 valence electrons. The quantitative estimate of drug-likeness (QED) is 0.437. The lowest BCUT2D eigenvalue weighted by Crippen LogP contribution is -2.34. The van der Waals surface area contributed by atoms with Crippen molar-refractivity contribution >= 4 is 34.1 Å². The van der Waals surface area contributed by atoms with Crippen molar-refractivity contribution in [1.29, 1.82) is 0 Å². The maximum Gasteiger partial charge on any atom is 0.0619 e. The molecule has 0 spiro atoms. The van der Waals surface area contributed by atoms with Gasteiger partial charge in [0.1, 0.15) is 0 Å². The lowest BCUT2D eigenvalue weighted by molar-refractivity contribution is 0.223. The van der Waals surface area contributed by atoms with Crippen LogP contribution in [0.4, 0.5) is 0 Å². The third-order valence-electron chi connectivity index (χ3n) is 6.14. The van der Waals surface area contributed by atoms with Crippen LogP contribution in [0.15, 0.2) is 36.4 Å². The number of hydrogen-bond acceptors (Lipinski definition) is 1. The molecule has 0 saturated carbocycles. The topological polar surface area (TPSA) is 8.17 Å². The maximum absolute atomic E-state index is 6.34. The zero-order chi connectivity index (χ0) is 18.7. The summed E-state index contributed by atoms with van der Waals surface area (Å²) in [6.07, 6.45) is 3.51. The van der Waals surface area contributed by atoms with Crippen LogP contribution in [0.5, 0.6) is 0 Å². The van der Waals surface area contributed by atoms with Gasteiger partial charge in [0.2, 0.25) is 0 Å². The lowest BCUT2D eigenvalue weighted by atomic mass is 9.97. The van der Waals surface area contributed by atoms with Crippen molar-refractivity contribution in [2.24, 2.45) is 0 Å². The van der Waals surface area contributed by atoms with Crippen LogP contribution in [0.3, 0.4) is 0 Å². The minimum atomic E-state index is 0.473. The summed E-state index contributed by atoms with van der Waals surface area (Å²) in [5.74, 6) is 3.34. The first kappa shape index (κ1) is 17.2. The Labute approximate surface area is 169 Å². The van der Waals surface area contributed by atoms with E-state index in [1.165, 1.54) is 29.5 Å². The van der Waals surface area contributed by atoms with Crippen LogP contribution in [0.2, 0.25) is 10.0 Å². The van der Waals surface area contributed by atoms with Crippen molar-refractivity contribution in [3.8, 4) is 12.0 Å². The molecule has 2 aliphatic heterocycles. The highest BCUT2D eigenvalue weighted by atomic mass is 35.5. The number of aryl methyl sites for hydroxylation is 1. The van der Waals surface area contributed by atoms with Gasteiger partial charge in [0.15, 0.2) is 0 Å². The zero-order valence-corrected chi connectivity index (χ0v) is 16.9. The van der Waals surface area contributed by atoms with Gasteiger partial charge in [-0.25, -0.2) is 0 Å². The van der Waals surface area contributed by atoms with Crippen molar-refractivity contribution in [2.75, 3.05) is 7.05 Å². The summed E-state index contributed by atoms with van der Waals surface area (Å²) in [5, 5.41) is 2.81. The number of fused-ring (bicyclic) bond motifs is 6. The molecule has 3 heterocycles. The van der Waals surface area contributed by atoms with Gasteiger partial charge in [0.05, 0.1) is 5.52 Å². The van der Waals surface area contributed by atoms with E-state index in [1.807, 2.05) is 31.2 Å². The molecule has 2 aliphatic rings. The van der Waals surface area contributed by atoms with Crippen molar-refractivity contribution in [2.45, 2.75) is 38.3 Å². The Balaban J connectivity index is 1.71. The average molecular weight is 395 g/mol. The first-order valence-corrected chi connectivity index (χ1v) is 10.1. The van der Waals surface area contributed by atoms with Crippen molar-refractivity contribution in [1.82, 2.24) is 9.47 Å². The fourth-order valence-electron chi connectivity index (χ4n) is 4.71. The second-order valence-electron chi connectivity index (χ2n) is 7.67. The number of hydrogen-bond donors (Lipinski definition) is 0. The number of likely N-dealkylation sites (N-methyl/N-ethyl adjacent to an activating group) is 1. The van der Waals surface area contributed by atoms with Crippen LogP contribution >= 0.6 is 23.2 Å². The molecule has 0 aliphatic carbocycles. The van der Waals surface area contributed by atoms with E-state index in [0.29, 0.717) is 12.1 Å². The zero-order valence-electron chi connectivity index (χ0n) is 15.4. The molecule has 2 bridgehead atoms. The fourth-order valence-corrected chi connectivity index (χ4v) is 5.00. The Morgan fingerprint density at radius 3 is 2.74 bits per heavy atom. The summed E-state index contributed by atoms with van der Waals surface area (Å²) in [7, 11) is 2.25. The maximum atomic E-state index is 6.34. The normalized spacial score (nSPS) is 21.2. The monoisotopic (exact) mass is 394 g/mol. The second-order valence-corrected chi connectivity index (χ2v) is 8.52. The summed E-state index contributed by atoms with van der Waals surface area (Å²) in [6.45, 7) is 2.01. The molecule has 0 radical (unpaired) electrons. The third-order valence-corrected chi connectivity index (χ3v) is 6.80. The molecule has 27 heavy (non-hydrogen) atoms. The molecule has 2 aromatic carbocycles. The molecule has 1 fully saturated rings. The predicted molar refractivity (Wildman–Crippen MR) is 113 cm³/mol. The molecule has 1 saturated heterocycles. The molecular weight excluding hydrogens is 375 g/mol. The van der Waals surface area contributed by atoms with Crippen LogP contribution in [0, 0.1) is 18.9 Å². The molecule has 4 heteroatoms. The third kappa shape index (κ3) is 2.69. The summed E-state index contributed by atoms with van der Waals surface area (Å²) in [6, 6.07) is 16.6. The van der Waals surface area contributed by atoms with Crippen LogP contribution < -0.4 is 0 Å². The number of halogens is 2. The molecule has 2 unspecified atom stereocenters. The van der Waals surface area contributed by atoms with Crippen LogP contribution in [-0.4, -0.2) is 22.6 Å². The van der Waals surface area contributed by atoms with Gasteiger partial charge in [-0.3, -0.25) is 9.47 Å². The Bertz CT molecular complexity index is 1130. The number of aromatic nitrogens is 1. The van der Waals surface area contributed by atoms with E-state index < -0.39 is 0 Å². The molecule has 3 aromatic rings. The minimum absolute atomic E-state index is 0.473. The van der Waals surface area contributed by atoms with Crippen molar-refractivity contribution < 1.29 is 0 Å². The summed E-state index contributed by atoms with van der Waals surface area (Å²) in [4.78, 5) is 2.53. The van der Waals surface area contributed by atoms with E-state index in [2.05, 4.69) is 40.6 Å². The van der Waals surface area contributed by atoms with Gasteiger partial charge in [0.25, 0.3) is 0 Å². The van der Waals surface area contributed by atoms with Crippen LogP contribution in [-0.2, 0) is 6.42 Å². The number of rotatable bonds is 0. The number of benzene rings is 2. The predicted octanol–water partition coefficient (Wildman–Crippen LogP) is 5.81. The summed E-state index contributed by atoms with van der Waals surface area (Å²) in [5.41, 5.74) is 5.97. The lowest BCUT2D eigenvalue weighted by Gasteiger charge is -2.31. The Hall–Kier alpha value is -1.92. The van der Waals surface area contributed by atoms with E-state index in [9.17, 15) is 0 Å². The van der Waals surface area contributed by atoms with Gasteiger partial charge in [0, 0.05) is 51.2 Å². The smallest absolute Gasteiger partial charge is 0.0619 e.